The van der Waals surface area contributed by atoms with Crippen LogP contribution in [0.5, 0.6) is 5.75 Å². The molecule has 33 heavy (non-hydrogen) atoms. The van der Waals surface area contributed by atoms with Crippen molar-refractivity contribution in [3.8, 4) is 28.7 Å². The van der Waals surface area contributed by atoms with E-state index >= 15 is 0 Å². The third-order valence-electron chi connectivity index (χ3n) is 5.60. The fourth-order valence-corrected chi connectivity index (χ4v) is 4.07. The Labute approximate surface area is 192 Å². The molecule has 0 spiro atoms. The van der Waals surface area contributed by atoms with Gasteiger partial charge in [-0.05, 0) is 61.2 Å². The largest absolute Gasteiger partial charge is 0.489 e. The Hall–Kier alpha value is -4.11. The summed E-state index contributed by atoms with van der Waals surface area (Å²) in [5.41, 5.74) is 7.18. The van der Waals surface area contributed by atoms with E-state index in [-0.39, 0.29) is 12.3 Å². The molecule has 0 aliphatic heterocycles. The third kappa shape index (κ3) is 4.88. The number of rotatable bonds is 7. The number of carboxylic acid groups (broad SMARTS) is 1. The van der Waals surface area contributed by atoms with Crippen molar-refractivity contribution in [1.29, 1.82) is 0 Å². The zero-order valence-electron chi connectivity index (χ0n) is 18.9. The fourth-order valence-electron chi connectivity index (χ4n) is 4.07. The molecule has 0 radical (unpaired) electrons. The van der Waals surface area contributed by atoms with Crippen LogP contribution in [0.25, 0.3) is 16.8 Å². The lowest BCUT2D eigenvalue weighted by molar-refractivity contribution is -0.137. The van der Waals surface area contributed by atoms with Gasteiger partial charge < -0.3 is 9.84 Å². The molecule has 6 heteroatoms. The summed E-state index contributed by atoms with van der Waals surface area (Å²) in [6.07, 6.45) is 3.50. The lowest BCUT2D eigenvalue weighted by Crippen LogP contribution is -2.05. The predicted molar refractivity (Wildman–Crippen MR) is 127 cm³/mol. The smallest absolute Gasteiger partial charge is 0.304 e. The number of aromatic nitrogens is 3. The van der Waals surface area contributed by atoms with E-state index in [9.17, 15) is 4.79 Å². The molecule has 1 atom stereocenters. The average Bonchev–Trinajstić information content (AvgIpc) is 3.26. The molecule has 0 saturated carbocycles. The Morgan fingerprint density at radius 1 is 1.15 bits per heavy atom. The number of carboxylic acids is 1. The number of aryl methyl sites for hydroxylation is 2. The standard InChI is InChI=1S/C27H25N3O3/c1-4-6-21(14-25(31)32)20-9-11-24(12-10-20)33-16-23-13-22(15-30-27(23)28-17-29-30)26-18(2)7-5-8-19(26)3/h5,7-13,15,17,21H,14,16H2,1-3H3,(H,31,32). The van der Waals surface area contributed by atoms with E-state index in [4.69, 9.17) is 9.84 Å². The van der Waals surface area contributed by atoms with Crippen LogP contribution in [0, 0.1) is 25.7 Å². The van der Waals surface area contributed by atoms with E-state index in [1.54, 1.807) is 17.8 Å². The number of carbonyl (C=O) groups is 1. The summed E-state index contributed by atoms with van der Waals surface area (Å²) in [6.45, 7) is 6.25. The lowest BCUT2D eigenvalue weighted by Gasteiger charge is -2.14. The van der Waals surface area contributed by atoms with Gasteiger partial charge in [0.1, 0.15) is 18.7 Å². The minimum atomic E-state index is -0.871. The number of ether oxygens (including phenoxy) is 1. The van der Waals surface area contributed by atoms with Crippen molar-refractivity contribution in [2.45, 2.75) is 39.7 Å². The molecule has 0 aliphatic carbocycles. The van der Waals surface area contributed by atoms with Gasteiger partial charge in [-0.15, -0.1) is 5.92 Å². The van der Waals surface area contributed by atoms with E-state index in [2.05, 4.69) is 60.0 Å². The van der Waals surface area contributed by atoms with Crippen LogP contribution in [-0.2, 0) is 11.4 Å². The Bertz CT molecular complexity index is 1340. The summed E-state index contributed by atoms with van der Waals surface area (Å²) in [4.78, 5) is 15.5. The highest BCUT2D eigenvalue weighted by molar-refractivity contribution is 5.72. The van der Waals surface area contributed by atoms with Gasteiger partial charge in [-0.1, -0.05) is 36.3 Å². The number of hydrogen-bond donors (Lipinski definition) is 1. The van der Waals surface area contributed by atoms with E-state index in [1.165, 1.54) is 16.7 Å². The second-order valence-corrected chi connectivity index (χ2v) is 7.95. The first kappa shape index (κ1) is 22.1. The monoisotopic (exact) mass is 439 g/mol. The first-order valence-corrected chi connectivity index (χ1v) is 10.7. The highest BCUT2D eigenvalue weighted by Crippen LogP contribution is 2.29. The van der Waals surface area contributed by atoms with Crippen molar-refractivity contribution in [3.63, 3.8) is 0 Å². The number of pyridine rings is 1. The second kappa shape index (κ2) is 9.58. The Balaban J connectivity index is 1.59. The van der Waals surface area contributed by atoms with Crippen molar-refractivity contribution in [1.82, 2.24) is 14.6 Å². The van der Waals surface area contributed by atoms with Gasteiger partial charge in [0.25, 0.3) is 0 Å². The number of nitrogens with zero attached hydrogens (tertiary/aromatic N) is 3. The maximum Gasteiger partial charge on any atom is 0.304 e. The molecule has 1 N–H and O–H groups in total. The van der Waals surface area contributed by atoms with Crippen molar-refractivity contribution in [3.05, 3.63) is 83.3 Å². The Morgan fingerprint density at radius 3 is 2.55 bits per heavy atom. The molecule has 2 heterocycles. The first-order chi connectivity index (χ1) is 16.0. The molecule has 1 unspecified atom stereocenters. The Morgan fingerprint density at radius 2 is 1.88 bits per heavy atom. The SMILES string of the molecule is CC#CC(CC(=O)O)c1ccc(OCc2cc(-c3c(C)cccc3C)cn3ncnc23)cc1. The summed E-state index contributed by atoms with van der Waals surface area (Å²) < 4.78 is 7.84. The minimum Gasteiger partial charge on any atom is -0.489 e. The molecule has 4 rings (SSSR count). The molecule has 166 valence electrons. The van der Waals surface area contributed by atoms with Crippen molar-refractivity contribution in [2.75, 3.05) is 0 Å². The zero-order chi connectivity index (χ0) is 23.4. The predicted octanol–water partition coefficient (Wildman–Crippen LogP) is 5.17. The van der Waals surface area contributed by atoms with Gasteiger partial charge >= 0.3 is 5.97 Å². The van der Waals surface area contributed by atoms with Crippen LogP contribution in [-0.4, -0.2) is 25.7 Å². The normalized spacial score (nSPS) is 11.6. The van der Waals surface area contributed by atoms with E-state index in [0.29, 0.717) is 12.4 Å². The zero-order valence-corrected chi connectivity index (χ0v) is 18.9. The molecular weight excluding hydrogens is 414 g/mol. The van der Waals surface area contributed by atoms with Gasteiger partial charge in [0, 0.05) is 17.3 Å². The van der Waals surface area contributed by atoms with Gasteiger partial charge in [0.05, 0.1) is 12.3 Å². The summed E-state index contributed by atoms with van der Waals surface area (Å²) in [5, 5.41) is 13.5. The summed E-state index contributed by atoms with van der Waals surface area (Å²) in [6, 6.07) is 15.8. The van der Waals surface area contributed by atoms with E-state index < -0.39 is 5.97 Å². The second-order valence-electron chi connectivity index (χ2n) is 7.95. The number of aliphatic carboxylic acids is 1. The molecular formula is C27H25N3O3. The molecule has 2 aromatic carbocycles. The number of benzene rings is 2. The summed E-state index contributed by atoms with van der Waals surface area (Å²) in [7, 11) is 0. The molecule has 2 aromatic heterocycles. The van der Waals surface area contributed by atoms with Crippen LogP contribution in [0.1, 0.15) is 41.5 Å². The molecule has 0 fully saturated rings. The topological polar surface area (TPSA) is 76.7 Å². The molecule has 0 bridgehead atoms. The molecule has 4 aromatic rings. The van der Waals surface area contributed by atoms with Crippen LogP contribution in [0.4, 0.5) is 0 Å². The number of hydrogen-bond acceptors (Lipinski definition) is 4. The molecule has 0 saturated heterocycles. The highest BCUT2D eigenvalue weighted by Gasteiger charge is 2.14. The van der Waals surface area contributed by atoms with Gasteiger partial charge in [0.2, 0.25) is 0 Å². The van der Waals surface area contributed by atoms with Crippen LogP contribution < -0.4 is 4.74 Å². The quantitative estimate of drug-likeness (QED) is 0.402. The van der Waals surface area contributed by atoms with Crippen molar-refractivity contribution in [2.24, 2.45) is 0 Å². The van der Waals surface area contributed by atoms with Gasteiger partial charge in [-0.3, -0.25) is 4.79 Å². The summed E-state index contributed by atoms with van der Waals surface area (Å²) >= 11 is 0. The van der Waals surface area contributed by atoms with Gasteiger partial charge in [-0.25, -0.2) is 9.50 Å². The third-order valence-corrected chi connectivity index (χ3v) is 5.60. The lowest BCUT2D eigenvalue weighted by atomic mass is 9.96. The molecule has 0 amide bonds. The van der Waals surface area contributed by atoms with Crippen LogP contribution in [0.3, 0.4) is 0 Å². The van der Waals surface area contributed by atoms with Crippen LogP contribution in [0.15, 0.2) is 61.1 Å². The van der Waals surface area contributed by atoms with Crippen molar-refractivity contribution < 1.29 is 14.6 Å². The van der Waals surface area contributed by atoms with E-state index in [0.717, 1.165) is 22.3 Å². The average molecular weight is 440 g/mol. The van der Waals surface area contributed by atoms with Crippen LogP contribution >= 0.6 is 0 Å². The minimum absolute atomic E-state index is 0.0307. The number of fused-ring (bicyclic) bond motifs is 1. The van der Waals surface area contributed by atoms with Gasteiger partial charge in [0.15, 0.2) is 5.65 Å². The Kier molecular flexibility index (Phi) is 6.41. The maximum atomic E-state index is 11.1. The van der Waals surface area contributed by atoms with E-state index in [1.807, 2.05) is 30.5 Å². The fraction of sp³-hybridized carbons (Fsp3) is 0.222. The summed E-state index contributed by atoms with van der Waals surface area (Å²) in [5.74, 6) is 5.25. The molecule has 0 aliphatic rings. The first-order valence-electron chi connectivity index (χ1n) is 10.7. The highest BCUT2D eigenvalue weighted by atomic mass is 16.5. The van der Waals surface area contributed by atoms with Gasteiger partial charge in [-0.2, -0.15) is 5.10 Å². The molecule has 6 nitrogen and oxygen atoms in total. The van der Waals surface area contributed by atoms with Crippen molar-refractivity contribution >= 4 is 11.6 Å². The van der Waals surface area contributed by atoms with Crippen LogP contribution in [0.2, 0.25) is 0 Å². The maximum absolute atomic E-state index is 11.1.